The Bertz CT molecular complexity index is 392. The maximum absolute atomic E-state index is 12.2. The Morgan fingerprint density at radius 1 is 1.65 bits per heavy atom. The largest absolute Gasteiger partial charge is 0.396 e. The highest BCUT2D eigenvalue weighted by atomic mass is 35.5. The van der Waals surface area contributed by atoms with Gasteiger partial charge < -0.3 is 15.0 Å². The highest BCUT2D eigenvalue weighted by molar-refractivity contribution is 6.30. The van der Waals surface area contributed by atoms with E-state index in [-0.39, 0.29) is 18.6 Å². The second-order valence-corrected chi connectivity index (χ2v) is 4.83. The van der Waals surface area contributed by atoms with Gasteiger partial charge in [-0.3, -0.25) is 4.79 Å². The molecule has 0 radical (unpaired) electrons. The number of hydrogen-bond donors (Lipinski definition) is 2. The number of hydrogen-bond acceptors (Lipinski definition) is 2. The number of nitrogens with zero attached hydrogens (tertiary/aromatic N) is 1. The highest BCUT2D eigenvalue weighted by Crippen LogP contribution is 2.23. The first-order valence-corrected chi connectivity index (χ1v) is 6.36. The Kier molecular flexibility index (Phi) is 4.07. The molecule has 0 saturated carbocycles. The number of aromatic amines is 1. The lowest BCUT2D eigenvalue weighted by atomic mass is 10.1. The van der Waals surface area contributed by atoms with Crippen LogP contribution in [0.5, 0.6) is 0 Å². The Morgan fingerprint density at radius 2 is 2.47 bits per heavy atom. The summed E-state index contributed by atoms with van der Waals surface area (Å²) in [6, 6.07) is 1.92. The summed E-state index contributed by atoms with van der Waals surface area (Å²) in [6.07, 6.45) is 5.31. The lowest BCUT2D eigenvalue weighted by Gasteiger charge is -2.24. The molecule has 1 saturated heterocycles. The molecule has 2 rings (SSSR count). The van der Waals surface area contributed by atoms with Crippen LogP contribution in [0.15, 0.2) is 12.3 Å². The normalized spacial score (nSPS) is 19.9. The maximum Gasteiger partial charge on any atom is 0.270 e. The molecule has 1 aliphatic heterocycles. The van der Waals surface area contributed by atoms with Crippen molar-refractivity contribution in [2.24, 2.45) is 0 Å². The highest BCUT2D eigenvalue weighted by Gasteiger charge is 2.29. The van der Waals surface area contributed by atoms with Gasteiger partial charge in [0.25, 0.3) is 5.91 Å². The number of aliphatic hydroxyl groups excluding tert-OH is 1. The van der Waals surface area contributed by atoms with E-state index in [0.29, 0.717) is 10.7 Å². The molecule has 0 spiro atoms. The number of rotatable bonds is 4. The van der Waals surface area contributed by atoms with E-state index in [1.54, 1.807) is 12.3 Å². The third kappa shape index (κ3) is 2.82. The fraction of sp³-hybridized carbons (Fsp3) is 0.583. The van der Waals surface area contributed by atoms with E-state index in [1.165, 1.54) is 0 Å². The second-order valence-electron chi connectivity index (χ2n) is 4.39. The van der Waals surface area contributed by atoms with E-state index in [2.05, 4.69) is 4.98 Å². The number of aromatic nitrogens is 1. The molecule has 17 heavy (non-hydrogen) atoms. The average Bonchev–Trinajstić information content (AvgIpc) is 2.94. The van der Waals surface area contributed by atoms with Gasteiger partial charge in [0.1, 0.15) is 5.69 Å². The SMILES string of the molecule is O=C(c1cc(Cl)c[nH]1)N1CCCC1CCCO. The van der Waals surface area contributed by atoms with Crippen LogP contribution in [0.3, 0.4) is 0 Å². The Morgan fingerprint density at radius 3 is 3.12 bits per heavy atom. The van der Waals surface area contributed by atoms with Crippen molar-refractivity contribution in [2.75, 3.05) is 13.2 Å². The standard InChI is InChI=1S/C12H17ClN2O2/c13-9-7-11(14-8-9)12(17)15-5-1-3-10(15)4-2-6-16/h7-8,10,14,16H,1-6H2. The van der Waals surface area contributed by atoms with Gasteiger partial charge in [-0.15, -0.1) is 0 Å². The van der Waals surface area contributed by atoms with E-state index in [4.69, 9.17) is 16.7 Å². The van der Waals surface area contributed by atoms with Crippen molar-refractivity contribution in [3.05, 3.63) is 23.0 Å². The molecule has 1 atom stereocenters. The molecule has 0 bridgehead atoms. The molecule has 94 valence electrons. The zero-order chi connectivity index (χ0) is 12.3. The van der Waals surface area contributed by atoms with Gasteiger partial charge in [-0.25, -0.2) is 0 Å². The summed E-state index contributed by atoms with van der Waals surface area (Å²) in [5.41, 5.74) is 0.547. The third-order valence-electron chi connectivity index (χ3n) is 3.21. The van der Waals surface area contributed by atoms with Crippen LogP contribution in [-0.2, 0) is 0 Å². The van der Waals surface area contributed by atoms with Crippen LogP contribution in [0, 0.1) is 0 Å². The van der Waals surface area contributed by atoms with Crippen molar-refractivity contribution in [3.63, 3.8) is 0 Å². The predicted octanol–water partition coefficient (Wildman–Crippen LogP) is 2.05. The summed E-state index contributed by atoms with van der Waals surface area (Å²) in [5, 5.41) is 9.40. The molecule has 4 nitrogen and oxygen atoms in total. The summed E-state index contributed by atoms with van der Waals surface area (Å²) in [4.78, 5) is 17.0. The number of carbonyl (C=O) groups excluding carboxylic acids is 1. The van der Waals surface area contributed by atoms with E-state index in [9.17, 15) is 4.79 Å². The first-order valence-electron chi connectivity index (χ1n) is 5.98. The Labute approximate surface area is 106 Å². The summed E-state index contributed by atoms with van der Waals surface area (Å²) < 4.78 is 0. The minimum atomic E-state index is 0.0114. The minimum Gasteiger partial charge on any atom is -0.396 e. The molecule has 0 aromatic carbocycles. The molecule has 1 aliphatic rings. The molecule has 1 amide bonds. The fourth-order valence-corrected chi connectivity index (χ4v) is 2.54. The number of H-pyrrole nitrogens is 1. The van der Waals surface area contributed by atoms with Crippen molar-refractivity contribution in [2.45, 2.75) is 31.7 Å². The lowest BCUT2D eigenvalue weighted by Crippen LogP contribution is -2.35. The van der Waals surface area contributed by atoms with E-state index < -0.39 is 0 Å². The van der Waals surface area contributed by atoms with Gasteiger partial charge in [0.05, 0.1) is 5.02 Å². The fourth-order valence-electron chi connectivity index (χ4n) is 2.38. The smallest absolute Gasteiger partial charge is 0.270 e. The van der Waals surface area contributed by atoms with Gasteiger partial charge in [0.2, 0.25) is 0 Å². The van der Waals surface area contributed by atoms with Gasteiger partial charge in [-0.05, 0) is 31.7 Å². The van der Waals surface area contributed by atoms with E-state index in [1.807, 2.05) is 4.90 Å². The number of aliphatic hydroxyl groups is 1. The third-order valence-corrected chi connectivity index (χ3v) is 3.43. The summed E-state index contributed by atoms with van der Waals surface area (Å²) in [6.45, 7) is 0.985. The molecule has 1 aromatic rings. The Balaban J connectivity index is 2.03. The molecule has 5 heteroatoms. The number of amides is 1. The molecule has 2 N–H and O–H groups in total. The topological polar surface area (TPSA) is 56.3 Å². The lowest BCUT2D eigenvalue weighted by molar-refractivity contribution is 0.0719. The van der Waals surface area contributed by atoms with Crippen molar-refractivity contribution < 1.29 is 9.90 Å². The number of halogens is 1. The Hall–Kier alpha value is -1.00. The van der Waals surface area contributed by atoms with E-state index >= 15 is 0 Å². The second kappa shape index (κ2) is 5.56. The van der Waals surface area contributed by atoms with Gasteiger partial charge in [0, 0.05) is 25.4 Å². The van der Waals surface area contributed by atoms with Crippen molar-refractivity contribution >= 4 is 17.5 Å². The van der Waals surface area contributed by atoms with E-state index in [0.717, 1.165) is 32.2 Å². The molecule has 1 unspecified atom stereocenters. The van der Waals surface area contributed by atoms with Gasteiger partial charge in [-0.2, -0.15) is 0 Å². The number of carbonyl (C=O) groups is 1. The van der Waals surface area contributed by atoms with Crippen LogP contribution < -0.4 is 0 Å². The van der Waals surface area contributed by atoms with Crippen LogP contribution in [0.4, 0.5) is 0 Å². The zero-order valence-corrected chi connectivity index (χ0v) is 10.4. The number of likely N-dealkylation sites (tertiary alicyclic amines) is 1. The van der Waals surface area contributed by atoms with Crippen molar-refractivity contribution in [1.29, 1.82) is 0 Å². The maximum atomic E-state index is 12.2. The molecular weight excluding hydrogens is 240 g/mol. The molecule has 1 fully saturated rings. The zero-order valence-electron chi connectivity index (χ0n) is 9.66. The average molecular weight is 257 g/mol. The first kappa shape index (κ1) is 12.5. The molecule has 0 aliphatic carbocycles. The molecule has 2 heterocycles. The molecular formula is C12H17ClN2O2. The molecule has 1 aromatic heterocycles. The van der Waals surface area contributed by atoms with Crippen LogP contribution >= 0.6 is 11.6 Å². The summed E-state index contributed by atoms with van der Waals surface area (Å²) in [7, 11) is 0. The van der Waals surface area contributed by atoms with Crippen molar-refractivity contribution in [3.8, 4) is 0 Å². The minimum absolute atomic E-state index is 0.0114. The first-order chi connectivity index (χ1) is 8.22. The summed E-state index contributed by atoms with van der Waals surface area (Å²) >= 11 is 5.80. The monoisotopic (exact) mass is 256 g/mol. The van der Waals surface area contributed by atoms with Gasteiger partial charge >= 0.3 is 0 Å². The number of nitrogens with one attached hydrogen (secondary N) is 1. The van der Waals surface area contributed by atoms with Crippen LogP contribution in [-0.4, -0.2) is 40.1 Å². The van der Waals surface area contributed by atoms with Crippen molar-refractivity contribution in [1.82, 2.24) is 9.88 Å². The quantitative estimate of drug-likeness (QED) is 0.866. The van der Waals surface area contributed by atoms with Crippen LogP contribution in [0.1, 0.15) is 36.2 Å². The summed E-state index contributed by atoms with van der Waals surface area (Å²) in [5.74, 6) is 0.0114. The van der Waals surface area contributed by atoms with Gasteiger partial charge in [-0.1, -0.05) is 11.6 Å². The van der Waals surface area contributed by atoms with Crippen LogP contribution in [0.25, 0.3) is 0 Å². The van der Waals surface area contributed by atoms with Gasteiger partial charge in [0.15, 0.2) is 0 Å². The predicted molar refractivity (Wildman–Crippen MR) is 66.2 cm³/mol. The van der Waals surface area contributed by atoms with Crippen LogP contribution in [0.2, 0.25) is 5.02 Å².